The highest BCUT2D eigenvalue weighted by Crippen LogP contribution is 2.35. The average molecular weight is 273 g/mol. The predicted octanol–water partition coefficient (Wildman–Crippen LogP) is 2.44. The minimum Gasteiger partial charge on any atom is -0.399 e. The van der Waals surface area contributed by atoms with Crippen LogP contribution in [-0.4, -0.2) is 42.9 Å². The van der Waals surface area contributed by atoms with Gasteiger partial charge in [0.15, 0.2) is 0 Å². The van der Waals surface area contributed by atoms with Gasteiger partial charge in [-0.2, -0.15) is 0 Å². The van der Waals surface area contributed by atoms with Gasteiger partial charge in [-0.1, -0.05) is 23.2 Å². The van der Waals surface area contributed by atoms with E-state index in [2.05, 4.69) is 14.8 Å². The van der Waals surface area contributed by atoms with E-state index in [4.69, 9.17) is 28.9 Å². The van der Waals surface area contributed by atoms with Gasteiger partial charge >= 0.3 is 0 Å². The molecule has 0 unspecified atom stereocenters. The lowest BCUT2D eigenvalue weighted by atomic mass is 10.3. The molecule has 0 radical (unpaired) electrons. The fourth-order valence-electron chi connectivity index (χ4n) is 1.75. The number of nitrogen functional groups attached to an aromatic ring is 1. The minimum atomic E-state index is 0.469. The molecule has 2 N–H and O–H groups in total. The van der Waals surface area contributed by atoms with Crippen molar-refractivity contribution in [1.29, 1.82) is 0 Å². The molecule has 1 heterocycles. The van der Waals surface area contributed by atoms with Crippen LogP contribution in [0.4, 0.5) is 11.4 Å². The number of halogens is 2. The molecule has 1 aromatic carbocycles. The first kappa shape index (κ1) is 12.3. The van der Waals surface area contributed by atoms with Gasteiger partial charge in [-0.15, -0.1) is 0 Å². The van der Waals surface area contributed by atoms with E-state index in [1.54, 1.807) is 12.1 Å². The minimum absolute atomic E-state index is 0.469. The second kappa shape index (κ2) is 4.63. The molecule has 6 heteroatoms. The zero-order chi connectivity index (χ0) is 12.6. The first-order chi connectivity index (χ1) is 7.99. The first-order valence-electron chi connectivity index (χ1n) is 5.24. The summed E-state index contributed by atoms with van der Waals surface area (Å²) in [6.45, 7) is 1.89. The molecule has 92 valence electrons. The van der Waals surface area contributed by atoms with Crippen LogP contribution < -0.4 is 5.73 Å². The van der Waals surface area contributed by atoms with Crippen LogP contribution in [0, 0.1) is 0 Å². The summed E-state index contributed by atoms with van der Waals surface area (Å²) in [6, 6.07) is 3.31. The number of anilines is 1. The number of nitrogens with zero attached hydrogens (tertiary/aromatic N) is 3. The van der Waals surface area contributed by atoms with Gasteiger partial charge in [-0.05, 0) is 12.1 Å². The Morgan fingerprint density at radius 1 is 1.12 bits per heavy atom. The fourth-order valence-corrected chi connectivity index (χ4v) is 2.34. The number of hydrogen-bond donors (Lipinski definition) is 1. The molecule has 1 saturated heterocycles. The summed E-state index contributed by atoms with van der Waals surface area (Å²) in [4.78, 5) is 8.63. The molecule has 0 aromatic heterocycles. The van der Waals surface area contributed by atoms with Crippen molar-refractivity contribution in [2.24, 2.45) is 4.99 Å². The summed E-state index contributed by atoms with van der Waals surface area (Å²) < 4.78 is 0. The fraction of sp³-hybridized carbons (Fsp3) is 0.364. The SMILES string of the molecule is CN1CCN(C)C1=Nc1c(Cl)cc(N)cc1Cl. The molecule has 1 aliphatic heterocycles. The zero-order valence-corrected chi connectivity index (χ0v) is 11.3. The number of rotatable bonds is 1. The van der Waals surface area contributed by atoms with Crippen molar-refractivity contribution >= 4 is 40.5 Å². The number of likely N-dealkylation sites (N-methyl/N-ethyl adjacent to an activating group) is 2. The van der Waals surface area contributed by atoms with E-state index in [9.17, 15) is 0 Å². The lowest BCUT2D eigenvalue weighted by Crippen LogP contribution is -2.27. The highest BCUT2D eigenvalue weighted by molar-refractivity contribution is 6.39. The Bertz CT molecular complexity index is 438. The topological polar surface area (TPSA) is 44.9 Å². The van der Waals surface area contributed by atoms with E-state index in [0.29, 0.717) is 21.4 Å². The first-order valence-corrected chi connectivity index (χ1v) is 6.00. The van der Waals surface area contributed by atoms with Crippen molar-refractivity contribution in [3.05, 3.63) is 22.2 Å². The van der Waals surface area contributed by atoms with Gasteiger partial charge in [0.2, 0.25) is 5.96 Å². The molecule has 0 amide bonds. The Morgan fingerprint density at radius 3 is 2.06 bits per heavy atom. The van der Waals surface area contributed by atoms with E-state index in [-0.39, 0.29) is 0 Å². The molecule has 17 heavy (non-hydrogen) atoms. The van der Waals surface area contributed by atoms with E-state index < -0.39 is 0 Å². The molecular weight excluding hydrogens is 259 g/mol. The van der Waals surface area contributed by atoms with Gasteiger partial charge < -0.3 is 15.5 Å². The van der Waals surface area contributed by atoms with Crippen LogP contribution in [0.1, 0.15) is 0 Å². The van der Waals surface area contributed by atoms with Gasteiger partial charge in [0.05, 0.1) is 10.0 Å². The molecule has 0 atom stereocenters. The standard InChI is InChI=1S/C11H14Cl2N4/c1-16-3-4-17(2)11(16)15-10-8(12)5-7(14)6-9(10)13/h5-6H,3-4,14H2,1-2H3. The van der Waals surface area contributed by atoms with Gasteiger partial charge in [-0.25, -0.2) is 4.99 Å². The van der Waals surface area contributed by atoms with Crippen molar-refractivity contribution in [1.82, 2.24) is 9.80 Å². The van der Waals surface area contributed by atoms with Crippen LogP contribution in [0.25, 0.3) is 0 Å². The molecule has 0 saturated carbocycles. The van der Waals surface area contributed by atoms with Crippen LogP contribution in [-0.2, 0) is 0 Å². The molecule has 0 aliphatic carbocycles. The lowest BCUT2D eigenvalue weighted by molar-refractivity contribution is 0.553. The Morgan fingerprint density at radius 2 is 1.59 bits per heavy atom. The smallest absolute Gasteiger partial charge is 0.201 e. The highest BCUT2D eigenvalue weighted by atomic mass is 35.5. The molecular formula is C11H14Cl2N4. The average Bonchev–Trinajstić information content (AvgIpc) is 2.53. The maximum atomic E-state index is 6.10. The molecule has 4 nitrogen and oxygen atoms in total. The summed E-state index contributed by atoms with van der Waals surface area (Å²) in [7, 11) is 3.98. The molecule has 1 fully saturated rings. The summed E-state index contributed by atoms with van der Waals surface area (Å²) >= 11 is 12.2. The Balaban J connectivity index is 2.45. The van der Waals surface area contributed by atoms with Gasteiger partial charge in [0.1, 0.15) is 5.69 Å². The van der Waals surface area contributed by atoms with Gasteiger partial charge in [0, 0.05) is 32.9 Å². The van der Waals surface area contributed by atoms with E-state index in [1.165, 1.54) is 0 Å². The summed E-state index contributed by atoms with van der Waals surface area (Å²) in [5.41, 5.74) is 6.76. The number of benzene rings is 1. The molecule has 0 spiro atoms. The Labute approximate surface area is 111 Å². The van der Waals surface area contributed by atoms with Crippen molar-refractivity contribution in [2.45, 2.75) is 0 Å². The van der Waals surface area contributed by atoms with Crippen molar-refractivity contribution in [3.63, 3.8) is 0 Å². The van der Waals surface area contributed by atoms with Crippen molar-refractivity contribution in [2.75, 3.05) is 32.9 Å². The van der Waals surface area contributed by atoms with Crippen LogP contribution in [0.15, 0.2) is 17.1 Å². The third-order valence-electron chi connectivity index (χ3n) is 2.70. The van der Waals surface area contributed by atoms with E-state index in [1.807, 2.05) is 14.1 Å². The second-order valence-electron chi connectivity index (χ2n) is 4.09. The Hall–Kier alpha value is -1.13. The largest absolute Gasteiger partial charge is 0.399 e. The van der Waals surface area contributed by atoms with Gasteiger partial charge in [-0.3, -0.25) is 0 Å². The third kappa shape index (κ3) is 2.42. The monoisotopic (exact) mass is 272 g/mol. The number of hydrogen-bond acceptors (Lipinski definition) is 2. The maximum absolute atomic E-state index is 6.10. The summed E-state index contributed by atoms with van der Waals surface area (Å²) in [5.74, 6) is 0.860. The second-order valence-corrected chi connectivity index (χ2v) is 4.90. The summed E-state index contributed by atoms with van der Waals surface area (Å²) in [5, 5.41) is 0.937. The molecule has 0 bridgehead atoms. The van der Waals surface area contributed by atoms with E-state index >= 15 is 0 Å². The normalized spacial score (nSPS) is 15.6. The molecule has 1 aliphatic rings. The zero-order valence-electron chi connectivity index (χ0n) is 9.74. The Kier molecular flexibility index (Phi) is 3.35. The lowest BCUT2D eigenvalue weighted by Gasteiger charge is -2.16. The van der Waals surface area contributed by atoms with E-state index in [0.717, 1.165) is 19.0 Å². The van der Waals surface area contributed by atoms with Crippen LogP contribution in [0.5, 0.6) is 0 Å². The molecule has 1 aromatic rings. The van der Waals surface area contributed by atoms with Crippen LogP contribution in [0.2, 0.25) is 10.0 Å². The number of guanidine groups is 1. The quantitative estimate of drug-likeness (QED) is 0.799. The van der Waals surface area contributed by atoms with Crippen LogP contribution in [0.3, 0.4) is 0 Å². The van der Waals surface area contributed by atoms with Gasteiger partial charge in [0.25, 0.3) is 0 Å². The maximum Gasteiger partial charge on any atom is 0.201 e. The number of nitrogens with two attached hydrogens (primary N) is 1. The van der Waals surface area contributed by atoms with Crippen LogP contribution >= 0.6 is 23.2 Å². The molecule has 2 rings (SSSR count). The third-order valence-corrected chi connectivity index (χ3v) is 3.28. The number of aliphatic imine (C=N–C) groups is 1. The summed E-state index contributed by atoms with van der Waals surface area (Å²) in [6.07, 6.45) is 0. The van der Waals surface area contributed by atoms with Crippen molar-refractivity contribution < 1.29 is 0 Å². The van der Waals surface area contributed by atoms with Crippen molar-refractivity contribution in [3.8, 4) is 0 Å². The predicted molar refractivity (Wildman–Crippen MR) is 73.2 cm³/mol. The highest BCUT2D eigenvalue weighted by Gasteiger charge is 2.20.